The lowest BCUT2D eigenvalue weighted by atomic mass is 10.1. The molecule has 1 heterocycles. The van der Waals surface area contributed by atoms with E-state index in [1.165, 1.54) is 0 Å². The number of thioether (sulfide) groups is 1. The Bertz CT molecular complexity index is 516. The second-order valence-electron chi connectivity index (χ2n) is 3.85. The standard InChI is InChI=1S/C13H14ClN3S/c14-9-3-5-10(6-4-9)18-8-12(15)11-2-1-7-17-13(11)16/h1-7,12H,8,15H2,(H2,16,17). The fourth-order valence-electron chi connectivity index (χ4n) is 1.55. The zero-order valence-corrected chi connectivity index (χ0v) is 11.3. The monoisotopic (exact) mass is 279 g/mol. The second-order valence-corrected chi connectivity index (χ2v) is 5.38. The highest BCUT2D eigenvalue weighted by Crippen LogP contribution is 2.26. The molecule has 0 amide bonds. The molecule has 0 aliphatic heterocycles. The van der Waals surface area contributed by atoms with Crippen LogP contribution in [0.25, 0.3) is 0 Å². The zero-order valence-electron chi connectivity index (χ0n) is 9.71. The van der Waals surface area contributed by atoms with E-state index in [1.807, 2.05) is 36.4 Å². The van der Waals surface area contributed by atoms with Gasteiger partial charge in [-0.1, -0.05) is 17.7 Å². The Morgan fingerprint density at radius 2 is 1.94 bits per heavy atom. The minimum absolute atomic E-state index is 0.126. The van der Waals surface area contributed by atoms with Crippen molar-refractivity contribution in [3.05, 3.63) is 53.2 Å². The molecule has 18 heavy (non-hydrogen) atoms. The summed E-state index contributed by atoms with van der Waals surface area (Å²) in [6.07, 6.45) is 1.66. The van der Waals surface area contributed by atoms with Gasteiger partial charge in [-0.25, -0.2) is 4.98 Å². The van der Waals surface area contributed by atoms with Gasteiger partial charge in [0.1, 0.15) is 5.82 Å². The van der Waals surface area contributed by atoms with Gasteiger partial charge < -0.3 is 11.5 Å². The number of anilines is 1. The van der Waals surface area contributed by atoms with E-state index in [1.54, 1.807) is 18.0 Å². The summed E-state index contributed by atoms with van der Waals surface area (Å²) in [5, 5.41) is 0.736. The Labute approximate surface area is 116 Å². The predicted molar refractivity (Wildman–Crippen MR) is 77.8 cm³/mol. The molecule has 1 atom stereocenters. The molecule has 0 radical (unpaired) electrons. The molecule has 1 aromatic heterocycles. The Morgan fingerprint density at radius 3 is 2.61 bits per heavy atom. The van der Waals surface area contributed by atoms with Crippen LogP contribution < -0.4 is 11.5 Å². The van der Waals surface area contributed by atoms with Crippen molar-refractivity contribution in [2.45, 2.75) is 10.9 Å². The van der Waals surface area contributed by atoms with Gasteiger partial charge in [0.25, 0.3) is 0 Å². The Balaban J connectivity index is 1.98. The molecule has 0 fully saturated rings. The van der Waals surface area contributed by atoms with Gasteiger partial charge in [0.05, 0.1) is 0 Å². The Hall–Kier alpha value is -1.23. The summed E-state index contributed by atoms with van der Waals surface area (Å²) in [5.41, 5.74) is 12.8. The van der Waals surface area contributed by atoms with E-state index < -0.39 is 0 Å². The number of hydrogen-bond acceptors (Lipinski definition) is 4. The zero-order chi connectivity index (χ0) is 13.0. The average Bonchev–Trinajstić information content (AvgIpc) is 2.38. The first-order valence-electron chi connectivity index (χ1n) is 5.51. The SMILES string of the molecule is Nc1ncccc1C(N)CSc1ccc(Cl)cc1. The van der Waals surface area contributed by atoms with Crippen molar-refractivity contribution in [1.29, 1.82) is 0 Å². The van der Waals surface area contributed by atoms with E-state index in [0.717, 1.165) is 21.2 Å². The third-order valence-electron chi connectivity index (χ3n) is 2.51. The summed E-state index contributed by atoms with van der Waals surface area (Å²) in [6, 6.07) is 11.3. The third kappa shape index (κ3) is 3.38. The number of rotatable bonds is 4. The normalized spacial score (nSPS) is 12.3. The van der Waals surface area contributed by atoms with E-state index in [4.69, 9.17) is 23.1 Å². The number of halogens is 1. The van der Waals surface area contributed by atoms with E-state index in [9.17, 15) is 0 Å². The number of aromatic nitrogens is 1. The minimum Gasteiger partial charge on any atom is -0.383 e. The average molecular weight is 280 g/mol. The number of nitrogens with two attached hydrogens (primary N) is 2. The number of nitrogen functional groups attached to an aromatic ring is 1. The molecule has 4 N–H and O–H groups in total. The fraction of sp³-hybridized carbons (Fsp3) is 0.154. The quantitative estimate of drug-likeness (QED) is 0.844. The molecule has 0 saturated carbocycles. The van der Waals surface area contributed by atoms with Crippen molar-refractivity contribution in [3.8, 4) is 0 Å². The first-order valence-corrected chi connectivity index (χ1v) is 6.87. The van der Waals surface area contributed by atoms with Gasteiger partial charge in [0.15, 0.2) is 0 Å². The van der Waals surface area contributed by atoms with Crippen LogP contribution in [0.3, 0.4) is 0 Å². The van der Waals surface area contributed by atoms with Gasteiger partial charge in [-0.2, -0.15) is 0 Å². The second kappa shape index (κ2) is 6.09. The van der Waals surface area contributed by atoms with Crippen molar-refractivity contribution >= 4 is 29.2 Å². The van der Waals surface area contributed by atoms with Crippen LogP contribution in [0, 0.1) is 0 Å². The van der Waals surface area contributed by atoms with E-state index in [-0.39, 0.29) is 6.04 Å². The molecule has 5 heteroatoms. The van der Waals surface area contributed by atoms with Crippen molar-refractivity contribution in [3.63, 3.8) is 0 Å². The van der Waals surface area contributed by atoms with Gasteiger partial charge in [-0.15, -0.1) is 11.8 Å². The van der Waals surface area contributed by atoms with E-state index in [2.05, 4.69) is 4.98 Å². The smallest absolute Gasteiger partial charge is 0.128 e. The predicted octanol–water partition coefficient (Wildman–Crippen LogP) is 3.11. The molecular formula is C13H14ClN3S. The molecule has 1 unspecified atom stereocenters. The number of nitrogens with zero attached hydrogens (tertiary/aromatic N) is 1. The summed E-state index contributed by atoms with van der Waals surface area (Å²) < 4.78 is 0. The maximum absolute atomic E-state index is 6.11. The van der Waals surface area contributed by atoms with Crippen LogP contribution in [0.15, 0.2) is 47.5 Å². The topological polar surface area (TPSA) is 64.9 Å². The molecule has 1 aromatic carbocycles. The Morgan fingerprint density at radius 1 is 1.22 bits per heavy atom. The molecule has 3 nitrogen and oxygen atoms in total. The lowest BCUT2D eigenvalue weighted by Gasteiger charge is -2.13. The van der Waals surface area contributed by atoms with Crippen LogP contribution >= 0.6 is 23.4 Å². The van der Waals surface area contributed by atoms with Gasteiger partial charge in [0.2, 0.25) is 0 Å². The van der Waals surface area contributed by atoms with Crippen LogP contribution in [0.5, 0.6) is 0 Å². The van der Waals surface area contributed by atoms with Crippen molar-refractivity contribution in [2.24, 2.45) is 5.73 Å². The molecule has 0 aliphatic rings. The molecule has 0 bridgehead atoms. The summed E-state index contributed by atoms with van der Waals surface area (Å²) >= 11 is 7.51. The minimum atomic E-state index is -0.126. The highest BCUT2D eigenvalue weighted by Gasteiger charge is 2.10. The fourth-order valence-corrected chi connectivity index (χ4v) is 2.56. The lowest BCUT2D eigenvalue weighted by molar-refractivity contribution is 0.828. The first kappa shape index (κ1) is 13.2. The van der Waals surface area contributed by atoms with Gasteiger partial charge >= 0.3 is 0 Å². The summed E-state index contributed by atoms with van der Waals surface area (Å²) in [5.74, 6) is 1.25. The maximum Gasteiger partial charge on any atom is 0.128 e. The Kier molecular flexibility index (Phi) is 4.47. The first-order chi connectivity index (χ1) is 8.66. The highest BCUT2D eigenvalue weighted by molar-refractivity contribution is 7.99. The van der Waals surface area contributed by atoms with Gasteiger partial charge in [0, 0.05) is 33.5 Å². The van der Waals surface area contributed by atoms with Crippen LogP contribution in [-0.4, -0.2) is 10.7 Å². The summed E-state index contributed by atoms with van der Waals surface area (Å²) in [7, 11) is 0. The maximum atomic E-state index is 6.11. The molecule has 0 aliphatic carbocycles. The molecule has 0 saturated heterocycles. The van der Waals surface area contributed by atoms with Crippen LogP contribution in [-0.2, 0) is 0 Å². The van der Waals surface area contributed by atoms with Gasteiger partial charge in [-0.3, -0.25) is 0 Å². The van der Waals surface area contributed by atoms with Crippen molar-refractivity contribution in [2.75, 3.05) is 11.5 Å². The van der Waals surface area contributed by atoms with Crippen LogP contribution in [0.1, 0.15) is 11.6 Å². The number of pyridine rings is 1. The molecule has 94 valence electrons. The lowest BCUT2D eigenvalue weighted by Crippen LogP contribution is -2.15. The third-order valence-corrected chi connectivity index (χ3v) is 3.90. The molecular weight excluding hydrogens is 266 g/mol. The summed E-state index contributed by atoms with van der Waals surface area (Å²) in [4.78, 5) is 5.17. The van der Waals surface area contributed by atoms with Crippen LogP contribution in [0.2, 0.25) is 5.02 Å². The molecule has 2 aromatic rings. The van der Waals surface area contributed by atoms with Crippen molar-refractivity contribution < 1.29 is 0 Å². The highest BCUT2D eigenvalue weighted by atomic mass is 35.5. The largest absolute Gasteiger partial charge is 0.383 e. The van der Waals surface area contributed by atoms with E-state index in [0.29, 0.717) is 5.82 Å². The number of benzene rings is 1. The van der Waals surface area contributed by atoms with Gasteiger partial charge in [-0.05, 0) is 30.3 Å². The molecule has 2 rings (SSSR count). The van der Waals surface area contributed by atoms with Crippen LogP contribution in [0.4, 0.5) is 5.82 Å². The molecule has 0 spiro atoms. The summed E-state index contributed by atoms with van der Waals surface area (Å²) in [6.45, 7) is 0. The number of hydrogen-bond donors (Lipinski definition) is 2. The van der Waals surface area contributed by atoms with Crippen molar-refractivity contribution in [1.82, 2.24) is 4.98 Å². The van der Waals surface area contributed by atoms with E-state index >= 15 is 0 Å².